The largest absolute Gasteiger partial charge is 0.384 e. The first-order chi connectivity index (χ1) is 9.94. The second-order valence-corrected chi connectivity index (χ2v) is 5.77. The highest BCUT2D eigenvalue weighted by Gasteiger charge is 2.24. The van der Waals surface area contributed by atoms with E-state index in [1.54, 1.807) is 13.0 Å². The smallest absolute Gasteiger partial charge is 0.268 e. The van der Waals surface area contributed by atoms with Gasteiger partial charge < -0.3 is 9.63 Å². The molecular formula is C13H13N3O4S. The number of nitrogens with zero attached hydrogens (tertiary/aromatic N) is 2. The van der Waals surface area contributed by atoms with Gasteiger partial charge in [-0.3, -0.25) is 4.72 Å². The van der Waals surface area contributed by atoms with Gasteiger partial charge in [0.15, 0.2) is 10.7 Å². The third-order valence-electron chi connectivity index (χ3n) is 2.55. The van der Waals surface area contributed by atoms with E-state index >= 15 is 0 Å². The minimum Gasteiger partial charge on any atom is -0.384 e. The number of aromatic nitrogens is 2. The van der Waals surface area contributed by atoms with Gasteiger partial charge in [-0.2, -0.15) is 0 Å². The Morgan fingerprint density at radius 3 is 2.81 bits per heavy atom. The van der Waals surface area contributed by atoms with Crippen LogP contribution < -0.4 is 4.72 Å². The molecule has 0 amide bonds. The average molecular weight is 307 g/mol. The number of pyridine rings is 1. The van der Waals surface area contributed by atoms with Crippen LogP contribution in [0.25, 0.3) is 0 Å². The summed E-state index contributed by atoms with van der Waals surface area (Å²) in [5, 5.41) is 12.3. The van der Waals surface area contributed by atoms with Crippen molar-refractivity contribution in [2.75, 3.05) is 11.3 Å². The molecule has 0 bridgehead atoms. The molecule has 2 heterocycles. The number of nitrogens with one attached hydrogen (secondary N) is 1. The molecule has 0 aromatic carbocycles. The summed E-state index contributed by atoms with van der Waals surface area (Å²) in [4.78, 5) is 3.93. The molecule has 0 saturated heterocycles. The Morgan fingerprint density at radius 2 is 2.19 bits per heavy atom. The number of aryl methyl sites for hydroxylation is 2. The maximum atomic E-state index is 12.3. The highest BCUT2D eigenvalue weighted by atomic mass is 32.2. The first kappa shape index (κ1) is 15.0. The molecule has 2 rings (SSSR count). The lowest BCUT2D eigenvalue weighted by molar-refractivity contribution is 0.350. The number of aliphatic hydroxyl groups excluding tert-OH is 1. The molecule has 2 N–H and O–H groups in total. The van der Waals surface area contributed by atoms with Crippen molar-refractivity contribution in [3.8, 4) is 11.8 Å². The molecule has 2 aromatic rings. The van der Waals surface area contributed by atoms with Gasteiger partial charge in [0.25, 0.3) is 10.0 Å². The lowest BCUT2D eigenvalue weighted by atomic mass is 10.2. The fraction of sp³-hybridized carbons (Fsp3) is 0.231. The lowest BCUT2D eigenvalue weighted by Gasteiger charge is -2.06. The third-order valence-corrected chi connectivity index (χ3v) is 4.15. The van der Waals surface area contributed by atoms with E-state index in [2.05, 4.69) is 26.7 Å². The first-order valence-corrected chi connectivity index (χ1v) is 7.44. The van der Waals surface area contributed by atoms with E-state index in [1.165, 1.54) is 19.2 Å². The fourth-order valence-electron chi connectivity index (χ4n) is 1.75. The van der Waals surface area contributed by atoms with Crippen molar-refractivity contribution in [1.82, 2.24) is 10.1 Å². The van der Waals surface area contributed by atoms with Crippen LogP contribution in [0.3, 0.4) is 0 Å². The van der Waals surface area contributed by atoms with Crippen molar-refractivity contribution in [1.29, 1.82) is 0 Å². The van der Waals surface area contributed by atoms with Crippen LogP contribution in [0.5, 0.6) is 0 Å². The summed E-state index contributed by atoms with van der Waals surface area (Å²) in [6, 6.07) is 3.08. The Kier molecular flexibility index (Phi) is 4.26. The van der Waals surface area contributed by atoms with E-state index < -0.39 is 10.0 Å². The van der Waals surface area contributed by atoms with E-state index in [-0.39, 0.29) is 28.8 Å². The van der Waals surface area contributed by atoms with E-state index in [0.717, 1.165) is 0 Å². The van der Waals surface area contributed by atoms with Gasteiger partial charge in [-0.1, -0.05) is 17.0 Å². The van der Waals surface area contributed by atoms with Gasteiger partial charge in [0.2, 0.25) is 0 Å². The van der Waals surface area contributed by atoms with Gasteiger partial charge >= 0.3 is 0 Å². The van der Waals surface area contributed by atoms with Crippen LogP contribution in [0.4, 0.5) is 5.82 Å². The number of hydrogen-bond donors (Lipinski definition) is 2. The van der Waals surface area contributed by atoms with E-state index in [0.29, 0.717) is 5.56 Å². The summed E-state index contributed by atoms with van der Waals surface area (Å²) in [6.45, 7) is 2.79. The fourth-order valence-corrected chi connectivity index (χ4v) is 3.08. The summed E-state index contributed by atoms with van der Waals surface area (Å²) in [5.74, 6) is 5.48. The summed E-state index contributed by atoms with van der Waals surface area (Å²) in [6.07, 6.45) is 1.42. The third kappa shape index (κ3) is 3.39. The molecule has 0 atom stereocenters. The standard InChI is InChI=1S/C13H13N3O4S/c1-9-13(10(2)20-15-9)21(18,19)16-12-8-11(4-3-7-17)5-6-14-12/h5-6,8,17H,7H2,1-2H3,(H,14,16). The Morgan fingerprint density at radius 1 is 1.43 bits per heavy atom. The van der Waals surface area contributed by atoms with Crippen LogP contribution in [0, 0.1) is 25.7 Å². The second kappa shape index (κ2) is 5.95. The van der Waals surface area contributed by atoms with Gasteiger partial charge in [-0.25, -0.2) is 13.4 Å². The minimum absolute atomic E-state index is 0.00357. The molecule has 0 spiro atoms. The van der Waals surface area contributed by atoms with E-state index in [1.807, 2.05) is 0 Å². The maximum Gasteiger partial charge on any atom is 0.268 e. The first-order valence-electron chi connectivity index (χ1n) is 5.95. The summed E-state index contributed by atoms with van der Waals surface area (Å²) >= 11 is 0. The molecule has 21 heavy (non-hydrogen) atoms. The van der Waals surface area contributed by atoms with Crippen molar-refractivity contribution in [2.24, 2.45) is 0 Å². The number of hydrogen-bond acceptors (Lipinski definition) is 6. The molecule has 110 valence electrons. The van der Waals surface area contributed by atoms with Crippen molar-refractivity contribution in [3.63, 3.8) is 0 Å². The van der Waals surface area contributed by atoms with E-state index in [9.17, 15) is 8.42 Å². The topological polar surface area (TPSA) is 105 Å². The van der Waals surface area contributed by atoms with Gasteiger partial charge in [0, 0.05) is 11.8 Å². The zero-order valence-electron chi connectivity index (χ0n) is 11.4. The molecule has 8 heteroatoms. The zero-order chi connectivity index (χ0) is 15.5. The zero-order valence-corrected chi connectivity index (χ0v) is 12.2. The minimum atomic E-state index is -3.83. The van der Waals surface area contributed by atoms with Crippen molar-refractivity contribution in [2.45, 2.75) is 18.7 Å². The molecule has 0 unspecified atom stereocenters. The maximum absolute atomic E-state index is 12.3. The van der Waals surface area contributed by atoms with Crippen LogP contribution >= 0.6 is 0 Å². The van der Waals surface area contributed by atoms with Crippen molar-refractivity contribution in [3.05, 3.63) is 35.3 Å². The molecule has 0 aliphatic rings. The number of sulfonamides is 1. The molecule has 0 radical (unpaired) electrons. The Labute approximate surface area is 122 Å². The van der Waals surface area contributed by atoms with E-state index in [4.69, 9.17) is 9.63 Å². The molecule has 2 aromatic heterocycles. The SMILES string of the molecule is Cc1noc(C)c1S(=O)(=O)Nc1cc(C#CCO)ccn1. The molecular weight excluding hydrogens is 294 g/mol. The van der Waals surface area contributed by atoms with Gasteiger partial charge in [0.1, 0.15) is 18.1 Å². The van der Waals surface area contributed by atoms with Crippen LogP contribution in [-0.2, 0) is 10.0 Å². The summed E-state index contributed by atoms with van der Waals surface area (Å²) in [7, 11) is -3.83. The van der Waals surface area contributed by atoms with Crippen molar-refractivity contribution >= 4 is 15.8 Å². The molecule has 0 aliphatic heterocycles. The molecule has 0 saturated carbocycles. The Balaban J connectivity index is 2.33. The monoisotopic (exact) mass is 307 g/mol. The normalized spacial score (nSPS) is 10.8. The number of rotatable bonds is 3. The van der Waals surface area contributed by atoms with Crippen LogP contribution in [-0.4, -0.2) is 30.3 Å². The number of anilines is 1. The summed E-state index contributed by atoms with van der Waals surface area (Å²) < 4.78 is 31.8. The quantitative estimate of drug-likeness (QED) is 0.814. The average Bonchev–Trinajstić information content (AvgIpc) is 2.76. The molecule has 0 aliphatic carbocycles. The van der Waals surface area contributed by atoms with Crippen LogP contribution in [0.1, 0.15) is 17.0 Å². The summed E-state index contributed by atoms with van der Waals surface area (Å²) in [5.41, 5.74) is 0.812. The molecule has 0 fully saturated rings. The van der Waals surface area contributed by atoms with Gasteiger partial charge in [0.05, 0.1) is 0 Å². The van der Waals surface area contributed by atoms with Crippen molar-refractivity contribution < 1.29 is 18.0 Å². The highest BCUT2D eigenvalue weighted by molar-refractivity contribution is 7.92. The lowest BCUT2D eigenvalue weighted by Crippen LogP contribution is -2.15. The number of aliphatic hydroxyl groups is 1. The van der Waals surface area contributed by atoms with Crippen LogP contribution in [0.2, 0.25) is 0 Å². The Bertz CT molecular complexity index is 796. The predicted octanol–water partition coefficient (Wildman–Crippen LogP) is 0.831. The Hall–Kier alpha value is -2.37. The second-order valence-electron chi connectivity index (χ2n) is 4.15. The van der Waals surface area contributed by atoms with Crippen LogP contribution in [0.15, 0.2) is 27.7 Å². The van der Waals surface area contributed by atoms with Gasteiger partial charge in [-0.05, 0) is 26.0 Å². The highest BCUT2D eigenvalue weighted by Crippen LogP contribution is 2.21. The predicted molar refractivity (Wildman–Crippen MR) is 75.0 cm³/mol. The van der Waals surface area contributed by atoms with Gasteiger partial charge in [-0.15, -0.1) is 0 Å². The molecule has 7 nitrogen and oxygen atoms in total.